The second-order valence-corrected chi connectivity index (χ2v) is 9.49. The molecular formula is C25H21ClN2O3. The number of amides is 3. The van der Waals surface area contributed by atoms with Gasteiger partial charge in [0.15, 0.2) is 0 Å². The van der Waals surface area contributed by atoms with Crippen molar-refractivity contribution in [1.82, 2.24) is 0 Å². The summed E-state index contributed by atoms with van der Waals surface area (Å²) in [6.45, 7) is 1.84. The third kappa shape index (κ3) is 2.66. The first-order chi connectivity index (χ1) is 15.0. The van der Waals surface area contributed by atoms with Crippen LogP contribution in [0.4, 0.5) is 11.4 Å². The smallest absolute Gasteiger partial charge is 0.255 e. The third-order valence-corrected chi connectivity index (χ3v) is 7.95. The standard InChI is InChI=1S/C25H21ClN2O3/c1-12-19(26)6-3-7-20(12)27-23(29)13-4-2-5-14(10-13)28-24(30)21-15-8-9-16(18-11-17(15)18)22(21)25(28)31/h2-10,15-18,21-22H,11H2,1H3,(H,27,29)/t15-,16-,17-,18+,21-,22+/m0/s1. The first-order valence-electron chi connectivity index (χ1n) is 10.7. The number of anilines is 2. The number of benzene rings is 2. The van der Waals surface area contributed by atoms with Gasteiger partial charge in [0.1, 0.15) is 0 Å². The van der Waals surface area contributed by atoms with E-state index >= 15 is 0 Å². The fraction of sp³-hybridized carbons (Fsp3) is 0.320. The Morgan fingerprint density at radius 3 is 2.32 bits per heavy atom. The van der Waals surface area contributed by atoms with Crippen molar-refractivity contribution in [3.05, 3.63) is 70.8 Å². The highest BCUT2D eigenvalue weighted by Gasteiger charge is 2.67. The monoisotopic (exact) mass is 432 g/mol. The lowest BCUT2D eigenvalue weighted by molar-refractivity contribution is -0.124. The van der Waals surface area contributed by atoms with E-state index in [4.69, 9.17) is 11.6 Å². The zero-order chi connectivity index (χ0) is 21.4. The highest BCUT2D eigenvalue weighted by atomic mass is 35.5. The number of hydrogen-bond donors (Lipinski definition) is 1. The summed E-state index contributed by atoms with van der Waals surface area (Å²) in [7, 11) is 0. The average molecular weight is 433 g/mol. The van der Waals surface area contributed by atoms with Crippen LogP contribution in [0, 0.1) is 42.4 Å². The topological polar surface area (TPSA) is 66.5 Å². The van der Waals surface area contributed by atoms with Crippen molar-refractivity contribution < 1.29 is 14.4 Å². The highest BCUT2D eigenvalue weighted by Crippen LogP contribution is 2.65. The molecule has 5 nitrogen and oxygen atoms in total. The lowest BCUT2D eigenvalue weighted by Crippen LogP contribution is -2.40. The minimum absolute atomic E-state index is 0.122. The molecule has 0 spiro atoms. The van der Waals surface area contributed by atoms with Crippen molar-refractivity contribution in [2.45, 2.75) is 13.3 Å². The quantitative estimate of drug-likeness (QED) is 0.575. The molecule has 4 aliphatic carbocycles. The molecule has 1 N–H and O–H groups in total. The molecule has 1 aliphatic heterocycles. The van der Waals surface area contributed by atoms with Gasteiger partial charge in [-0.1, -0.05) is 35.9 Å². The molecule has 0 unspecified atom stereocenters. The van der Waals surface area contributed by atoms with Crippen LogP contribution in [-0.4, -0.2) is 17.7 Å². The first kappa shape index (κ1) is 18.8. The summed E-state index contributed by atoms with van der Waals surface area (Å²) in [5.74, 6) is 0.419. The number of hydrogen-bond acceptors (Lipinski definition) is 3. The van der Waals surface area contributed by atoms with E-state index in [1.807, 2.05) is 6.92 Å². The van der Waals surface area contributed by atoms with Gasteiger partial charge in [-0.3, -0.25) is 14.4 Å². The molecule has 1 heterocycles. The van der Waals surface area contributed by atoms with Gasteiger partial charge in [-0.05, 0) is 72.9 Å². The number of carbonyl (C=O) groups is 3. The van der Waals surface area contributed by atoms with Gasteiger partial charge >= 0.3 is 0 Å². The molecular weight excluding hydrogens is 412 g/mol. The maximum atomic E-state index is 13.3. The number of allylic oxidation sites excluding steroid dienone is 2. The molecule has 2 aromatic carbocycles. The third-order valence-electron chi connectivity index (χ3n) is 7.55. The Hall–Kier alpha value is -2.92. The van der Waals surface area contributed by atoms with E-state index in [2.05, 4.69) is 17.5 Å². The second-order valence-electron chi connectivity index (χ2n) is 9.08. The normalized spacial score (nSPS) is 32.1. The van der Waals surface area contributed by atoms with E-state index in [1.165, 1.54) is 4.90 Å². The number of rotatable bonds is 3. The first-order valence-corrected chi connectivity index (χ1v) is 11.1. The molecule has 2 aromatic rings. The van der Waals surface area contributed by atoms with E-state index in [0.717, 1.165) is 12.0 Å². The van der Waals surface area contributed by atoms with Crippen molar-refractivity contribution >= 4 is 40.7 Å². The summed E-state index contributed by atoms with van der Waals surface area (Å²) in [5, 5.41) is 3.44. The van der Waals surface area contributed by atoms with Gasteiger partial charge < -0.3 is 5.32 Å². The van der Waals surface area contributed by atoms with Crippen molar-refractivity contribution in [1.29, 1.82) is 0 Å². The molecule has 6 atom stereocenters. The minimum Gasteiger partial charge on any atom is -0.322 e. The predicted molar refractivity (Wildman–Crippen MR) is 118 cm³/mol. The molecule has 2 bridgehead atoms. The van der Waals surface area contributed by atoms with E-state index in [1.54, 1.807) is 42.5 Å². The van der Waals surface area contributed by atoms with Gasteiger partial charge in [0.25, 0.3) is 5.91 Å². The number of imide groups is 1. The summed E-state index contributed by atoms with van der Waals surface area (Å²) in [4.78, 5) is 40.8. The summed E-state index contributed by atoms with van der Waals surface area (Å²) < 4.78 is 0. The van der Waals surface area contributed by atoms with Crippen LogP contribution in [0.1, 0.15) is 22.3 Å². The Bertz CT molecular complexity index is 1150. The molecule has 3 fully saturated rings. The zero-order valence-corrected chi connectivity index (χ0v) is 17.7. The van der Waals surface area contributed by atoms with Gasteiger partial charge in [-0.2, -0.15) is 0 Å². The predicted octanol–water partition coefficient (Wildman–Crippen LogP) is 4.46. The Balaban J connectivity index is 1.29. The van der Waals surface area contributed by atoms with Gasteiger partial charge in [-0.15, -0.1) is 0 Å². The molecule has 31 heavy (non-hydrogen) atoms. The average Bonchev–Trinajstić information content (AvgIpc) is 3.55. The summed E-state index contributed by atoms with van der Waals surface area (Å²) >= 11 is 6.15. The molecule has 6 heteroatoms. The van der Waals surface area contributed by atoms with Crippen LogP contribution in [0.15, 0.2) is 54.6 Å². The van der Waals surface area contributed by atoms with Crippen molar-refractivity contribution in [2.24, 2.45) is 35.5 Å². The van der Waals surface area contributed by atoms with Crippen LogP contribution >= 0.6 is 11.6 Å². The van der Waals surface area contributed by atoms with Gasteiger partial charge in [0.2, 0.25) is 11.8 Å². The van der Waals surface area contributed by atoms with Crippen LogP contribution in [0.3, 0.4) is 0 Å². The molecule has 5 aliphatic rings. The molecule has 0 radical (unpaired) electrons. The molecule has 156 valence electrons. The number of nitrogens with zero attached hydrogens (tertiary/aromatic N) is 1. The molecule has 7 rings (SSSR count). The van der Waals surface area contributed by atoms with Crippen LogP contribution in [0.5, 0.6) is 0 Å². The lowest BCUT2D eigenvalue weighted by atomic mass is 9.63. The Labute approximate surface area is 185 Å². The van der Waals surface area contributed by atoms with Crippen molar-refractivity contribution in [2.75, 3.05) is 10.2 Å². The fourth-order valence-electron chi connectivity index (χ4n) is 5.94. The zero-order valence-electron chi connectivity index (χ0n) is 16.9. The Kier molecular flexibility index (Phi) is 3.97. The summed E-state index contributed by atoms with van der Waals surface area (Å²) in [5.41, 5.74) is 2.26. The van der Waals surface area contributed by atoms with Crippen molar-refractivity contribution in [3.8, 4) is 0 Å². The minimum atomic E-state index is -0.313. The van der Waals surface area contributed by atoms with Crippen LogP contribution < -0.4 is 10.2 Å². The second kappa shape index (κ2) is 6.54. The molecule has 2 saturated carbocycles. The summed E-state index contributed by atoms with van der Waals surface area (Å²) in [6, 6.07) is 12.1. The fourth-order valence-corrected chi connectivity index (χ4v) is 6.11. The maximum absolute atomic E-state index is 13.3. The van der Waals surface area contributed by atoms with Gasteiger partial charge in [-0.25, -0.2) is 4.90 Å². The molecule has 1 saturated heterocycles. The van der Waals surface area contributed by atoms with Crippen LogP contribution in [0.25, 0.3) is 0 Å². The van der Waals surface area contributed by atoms with Crippen LogP contribution in [-0.2, 0) is 9.59 Å². The van der Waals surface area contributed by atoms with E-state index in [9.17, 15) is 14.4 Å². The van der Waals surface area contributed by atoms with E-state index in [0.29, 0.717) is 33.8 Å². The Morgan fingerprint density at radius 1 is 1.00 bits per heavy atom. The largest absolute Gasteiger partial charge is 0.322 e. The number of halogens is 1. The van der Waals surface area contributed by atoms with Crippen molar-refractivity contribution in [3.63, 3.8) is 0 Å². The lowest BCUT2D eigenvalue weighted by Gasteiger charge is -2.37. The number of nitrogens with one attached hydrogen (secondary N) is 1. The maximum Gasteiger partial charge on any atom is 0.255 e. The SMILES string of the molecule is Cc1c(Cl)cccc1NC(=O)c1cccc(N2C(=O)[C@@H]3[C@H]4C=C[C@@H]([C@@H]5C[C@H]45)[C@@H]3C2=O)c1. The highest BCUT2D eigenvalue weighted by molar-refractivity contribution is 6.31. The van der Waals surface area contributed by atoms with Crippen LogP contribution in [0.2, 0.25) is 5.02 Å². The van der Waals surface area contributed by atoms with Gasteiger partial charge in [0.05, 0.1) is 17.5 Å². The molecule has 3 amide bonds. The summed E-state index contributed by atoms with van der Waals surface area (Å²) in [6.07, 6.45) is 5.45. The molecule has 0 aromatic heterocycles. The van der Waals surface area contributed by atoms with Gasteiger partial charge in [0, 0.05) is 16.3 Å². The Morgan fingerprint density at radius 2 is 1.65 bits per heavy atom. The van der Waals surface area contributed by atoms with E-state index in [-0.39, 0.29) is 41.4 Å². The van der Waals surface area contributed by atoms with E-state index < -0.39 is 0 Å². The number of carbonyl (C=O) groups excluding carboxylic acids is 3.